The van der Waals surface area contributed by atoms with Crippen LogP contribution in [0.1, 0.15) is 11.4 Å². The van der Waals surface area contributed by atoms with E-state index in [1.807, 2.05) is 37.4 Å². The van der Waals surface area contributed by atoms with Crippen LogP contribution in [0.15, 0.2) is 55.0 Å². The summed E-state index contributed by atoms with van der Waals surface area (Å²) in [6.07, 6.45) is 3.52. The Kier molecular flexibility index (Phi) is 3.33. The van der Waals surface area contributed by atoms with Crippen molar-refractivity contribution in [1.29, 1.82) is 0 Å². The molecule has 0 aliphatic rings. The third-order valence-electron chi connectivity index (χ3n) is 4.60. The van der Waals surface area contributed by atoms with Gasteiger partial charge in [-0.3, -0.25) is 4.40 Å². The number of aromatic amines is 1. The number of H-pyrrole nitrogens is 1. The van der Waals surface area contributed by atoms with Gasteiger partial charge in [0.25, 0.3) is 0 Å². The van der Waals surface area contributed by atoms with Crippen molar-refractivity contribution in [2.45, 2.75) is 13.5 Å². The van der Waals surface area contributed by atoms with Crippen LogP contribution in [0.3, 0.4) is 0 Å². The Balaban J connectivity index is 1.80. The number of benzene rings is 1. The molecule has 128 valence electrons. The molecule has 0 aliphatic carbocycles. The normalized spacial score (nSPS) is 11.6. The molecule has 5 rings (SSSR count). The summed E-state index contributed by atoms with van der Waals surface area (Å²) in [4.78, 5) is 7.39. The minimum Gasteiger partial charge on any atom is -0.343 e. The molecular weight excluding hydrogens is 348 g/mol. The lowest BCUT2D eigenvalue weighted by Gasteiger charge is -2.10. The molecule has 0 saturated carbocycles. The summed E-state index contributed by atoms with van der Waals surface area (Å²) in [5.41, 5.74) is 6.16. The van der Waals surface area contributed by atoms with Gasteiger partial charge in [0.1, 0.15) is 5.82 Å². The van der Waals surface area contributed by atoms with Crippen molar-refractivity contribution in [3.8, 4) is 11.4 Å². The predicted octanol–water partition coefficient (Wildman–Crippen LogP) is 4.08. The lowest BCUT2D eigenvalue weighted by molar-refractivity contribution is 0.841. The summed E-state index contributed by atoms with van der Waals surface area (Å²) >= 11 is 6.18. The van der Waals surface area contributed by atoms with Crippen LogP contribution in [-0.2, 0) is 6.54 Å². The third-order valence-corrected chi connectivity index (χ3v) is 4.84. The van der Waals surface area contributed by atoms with Gasteiger partial charge in [0.05, 0.1) is 34.9 Å². The van der Waals surface area contributed by atoms with Gasteiger partial charge in [-0.1, -0.05) is 23.7 Å². The second kappa shape index (κ2) is 5.71. The summed E-state index contributed by atoms with van der Waals surface area (Å²) in [6.45, 7) is 2.66. The SMILES string of the molecule is Cc1nnc2ccc3c(cc(-c4cnc[nH]4)n3Cc3cccc(Cl)c3)n12. The molecule has 4 heterocycles. The Morgan fingerprint density at radius 2 is 2.00 bits per heavy atom. The number of aryl methyl sites for hydroxylation is 1. The largest absolute Gasteiger partial charge is 0.343 e. The summed E-state index contributed by atoms with van der Waals surface area (Å²) in [7, 11) is 0. The zero-order valence-electron chi connectivity index (χ0n) is 14.0. The topological polar surface area (TPSA) is 63.8 Å². The van der Waals surface area contributed by atoms with E-state index in [0.717, 1.165) is 44.5 Å². The van der Waals surface area contributed by atoms with Crippen LogP contribution in [0, 0.1) is 6.92 Å². The number of hydrogen-bond acceptors (Lipinski definition) is 3. The van der Waals surface area contributed by atoms with Gasteiger partial charge in [-0.25, -0.2) is 4.98 Å². The zero-order valence-corrected chi connectivity index (χ0v) is 14.8. The highest BCUT2D eigenvalue weighted by Gasteiger charge is 2.16. The van der Waals surface area contributed by atoms with E-state index >= 15 is 0 Å². The molecule has 0 spiro atoms. The van der Waals surface area contributed by atoms with E-state index < -0.39 is 0 Å². The van der Waals surface area contributed by atoms with Gasteiger partial charge in [-0.05, 0) is 42.8 Å². The van der Waals surface area contributed by atoms with Crippen LogP contribution in [0.2, 0.25) is 5.02 Å². The molecule has 1 aromatic carbocycles. The highest BCUT2D eigenvalue weighted by Crippen LogP contribution is 2.29. The summed E-state index contributed by atoms with van der Waals surface area (Å²) in [5, 5.41) is 9.18. The van der Waals surface area contributed by atoms with Crippen LogP contribution in [0.4, 0.5) is 0 Å². The third kappa shape index (κ3) is 2.30. The van der Waals surface area contributed by atoms with Crippen LogP contribution < -0.4 is 0 Å². The first-order valence-corrected chi connectivity index (χ1v) is 8.66. The lowest BCUT2D eigenvalue weighted by atomic mass is 10.2. The Hall–Kier alpha value is -3.12. The number of halogens is 1. The molecule has 4 aromatic heterocycles. The highest BCUT2D eigenvalue weighted by atomic mass is 35.5. The van der Waals surface area contributed by atoms with E-state index in [4.69, 9.17) is 11.6 Å². The molecule has 6 nitrogen and oxygen atoms in total. The van der Waals surface area contributed by atoms with E-state index in [1.54, 1.807) is 6.33 Å². The minimum atomic E-state index is 0.699. The number of fused-ring (bicyclic) bond motifs is 3. The summed E-state index contributed by atoms with van der Waals surface area (Å²) < 4.78 is 4.33. The van der Waals surface area contributed by atoms with Crippen LogP contribution in [0.25, 0.3) is 28.1 Å². The molecule has 0 radical (unpaired) electrons. The Bertz CT molecular complexity index is 1230. The minimum absolute atomic E-state index is 0.699. The fraction of sp³-hybridized carbons (Fsp3) is 0.105. The monoisotopic (exact) mass is 362 g/mol. The van der Waals surface area contributed by atoms with Crippen LogP contribution in [0.5, 0.6) is 0 Å². The van der Waals surface area contributed by atoms with Crippen molar-refractivity contribution in [3.05, 3.63) is 71.4 Å². The van der Waals surface area contributed by atoms with Crippen molar-refractivity contribution in [3.63, 3.8) is 0 Å². The Morgan fingerprint density at radius 3 is 2.81 bits per heavy atom. The average molecular weight is 363 g/mol. The van der Waals surface area contributed by atoms with E-state index in [1.165, 1.54) is 0 Å². The number of nitrogens with one attached hydrogen (secondary N) is 1. The molecule has 5 aromatic rings. The number of rotatable bonds is 3. The lowest BCUT2D eigenvalue weighted by Crippen LogP contribution is -2.02. The molecule has 0 saturated heterocycles. The van der Waals surface area contributed by atoms with Gasteiger partial charge in [0, 0.05) is 11.6 Å². The molecule has 0 amide bonds. The maximum Gasteiger partial charge on any atom is 0.161 e. The molecule has 0 fully saturated rings. The molecule has 7 heteroatoms. The van der Waals surface area contributed by atoms with Crippen molar-refractivity contribution >= 4 is 28.3 Å². The number of nitrogens with zero attached hydrogens (tertiary/aromatic N) is 5. The first-order chi connectivity index (χ1) is 12.7. The maximum atomic E-state index is 6.18. The number of imidazole rings is 1. The molecule has 0 unspecified atom stereocenters. The fourth-order valence-corrected chi connectivity index (χ4v) is 3.66. The maximum absolute atomic E-state index is 6.18. The Morgan fingerprint density at radius 1 is 1.08 bits per heavy atom. The average Bonchev–Trinajstić information content (AvgIpc) is 3.34. The number of hydrogen-bond donors (Lipinski definition) is 1. The second-order valence-corrected chi connectivity index (χ2v) is 6.69. The molecule has 0 atom stereocenters. The van der Waals surface area contributed by atoms with Gasteiger partial charge in [0.15, 0.2) is 5.65 Å². The van der Waals surface area contributed by atoms with Gasteiger partial charge in [-0.15, -0.1) is 10.2 Å². The zero-order chi connectivity index (χ0) is 17.7. The first kappa shape index (κ1) is 15.2. The van der Waals surface area contributed by atoms with Crippen molar-refractivity contribution in [2.24, 2.45) is 0 Å². The molecule has 0 aliphatic heterocycles. The smallest absolute Gasteiger partial charge is 0.161 e. The fourth-order valence-electron chi connectivity index (χ4n) is 3.45. The first-order valence-electron chi connectivity index (χ1n) is 8.28. The van der Waals surface area contributed by atoms with E-state index in [9.17, 15) is 0 Å². The van der Waals surface area contributed by atoms with Crippen LogP contribution >= 0.6 is 11.6 Å². The molecule has 1 N–H and O–H groups in total. The molecule has 26 heavy (non-hydrogen) atoms. The van der Waals surface area contributed by atoms with Gasteiger partial charge >= 0.3 is 0 Å². The van der Waals surface area contributed by atoms with Crippen molar-refractivity contribution < 1.29 is 0 Å². The standard InChI is InChI=1S/C19H15ClN6/c1-12-23-24-19-6-5-16-18(26(12)19)8-17(15-9-21-11-22-15)25(16)10-13-3-2-4-14(20)7-13/h2-9,11H,10H2,1H3,(H,21,22). The number of aromatic nitrogens is 6. The van der Waals surface area contributed by atoms with E-state index in [2.05, 4.69) is 47.3 Å². The quantitative estimate of drug-likeness (QED) is 0.526. The predicted molar refractivity (Wildman–Crippen MR) is 101 cm³/mol. The van der Waals surface area contributed by atoms with Gasteiger partial charge < -0.3 is 9.55 Å². The van der Waals surface area contributed by atoms with E-state index in [0.29, 0.717) is 6.54 Å². The van der Waals surface area contributed by atoms with Crippen LogP contribution in [-0.4, -0.2) is 29.1 Å². The molecule has 0 bridgehead atoms. The van der Waals surface area contributed by atoms with Gasteiger partial charge in [0.2, 0.25) is 0 Å². The Labute approximate surface area is 154 Å². The van der Waals surface area contributed by atoms with E-state index in [-0.39, 0.29) is 0 Å². The van der Waals surface area contributed by atoms with Crippen molar-refractivity contribution in [2.75, 3.05) is 0 Å². The summed E-state index contributed by atoms with van der Waals surface area (Å²) in [5.74, 6) is 0.863. The molecular formula is C19H15ClN6. The second-order valence-electron chi connectivity index (χ2n) is 6.26. The summed E-state index contributed by atoms with van der Waals surface area (Å²) in [6, 6.07) is 14.2. The highest BCUT2D eigenvalue weighted by molar-refractivity contribution is 6.30. The van der Waals surface area contributed by atoms with Gasteiger partial charge in [-0.2, -0.15) is 0 Å². The number of pyridine rings is 1. The van der Waals surface area contributed by atoms with Crippen molar-refractivity contribution in [1.82, 2.24) is 29.1 Å².